The number of carbonyl (C=O) groups excluding carboxylic acids is 2. The average Bonchev–Trinajstić information content (AvgIpc) is 3.02. The summed E-state index contributed by atoms with van der Waals surface area (Å²) in [6.45, 7) is 5.64. The Labute approximate surface area is 178 Å². The maximum atomic E-state index is 13.8. The number of urea groups is 1. The monoisotopic (exact) mass is 426 g/mol. The molecule has 1 unspecified atom stereocenters. The van der Waals surface area contributed by atoms with Crippen LogP contribution in [-0.2, 0) is 4.74 Å². The van der Waals surface area contributed by atoms with Crippen molar-refractivity contribution in [3.05, 3.63) is 47.7 Å². The van der Waals surface area contributed by atoms with Gasteiger partial charge in [0.15, 0.2) is 5.60 Å². The molecule has 31 heavy (non-hydrogen) atoms. The number of nitrogens with one attached hydrogen (secondary N) is 1. The average molecular weight is 426 g/mol. The number of rotatable bonds is 2. The van der Waals surface area contributed by atoms with Crippen molar-refractivity contribution in [1.29, 1.82) is 0 Å². The van der Waals surface area contributed by atoms with E-state index in [1.165, 1.54) is 6.07 Å². The van der Waals surface area contributed by atoms with Gasteiger partial charge in [-0.05, 0) is 37.6 Å². The molecular weight excluding hydrogens is 403 g/mol. The summed E-state index contributed by atoms with van der Waals surface area (Å²) in [7, 11) is 0. The van der Waals surface area contributed by atoms with Gasteiger partial charge in [0.2, 0.25) is 0 Å². The van der Waals surface area contributed by atoms with Gasteiger partial charge in [-0.25, -0.2) is 23.9 Å². The zero-order valence-electron chi connectivity index (χ0n) is 17.3. The molecule has 1 aromatic heterocycles. The van der Waals surface area contributed by atoms with Crippen LogP contribution < -0.4 is 10.2 Å². The number of carbonyl (C=O) groups is 2. The van der Waals surface area contributed by atoms with Crippen LogP contribution in [0.15, 0.2) is 30.5 Å². The van der Waals surface area contributed by atoms with Crippen LogP contribution >= 0.6 is 0 Å². The van der Waals surface area contributed by atoms with E-state index in [-0.39, 0.29) is 24.0 Å². The van der Waals surface area contributed by atoms with Crippen molar-refractivity contribution < 1.29 is 18.7 Å². The summed E-state index contributed by atoms with van der Waals surface area (Å²) < 4.78 is 19.6. The van der Waals surface area contributed by atoms with E-state index in [4.69, 9.17) is 4.74 Å². The fraction of sp³-hybridized carbons (Fsp3) is 0.429. The van der Waals surface area contributed by atoms with Gasteiger partial charge in [0.1, 0.15) is 17.5 Å². The molecule has 0 radical (unpaired) electrons. The number of aromatic nitrogens is 2. The summed E-state index contributed by atoms with van der Waals surface area (Å²) in [4.78, 5) is 39.2. The van der Waals surface area contributed by atoms with Crippen molar-refractivity contribution >= 4 is 23.6 Å². The number of benzene rings is 1. The third-order valence-corrected chi connectivity index (χ3v) is 6.23. The quantitative estimate of drug-likeness (QED) is 0.792. The Kier molecular flexibility index (Phi) is 4.45. The number of nitrogens with zero attached hydrogens (tertiary/aromatic N) is 5. The number of halogens is 1. The van der Waals surface area contributed by atoms with Crippen LogP contribution in [0.3, 0.4) is 0 Å². The maximum Gasteiger partial charge on any atom is 0.411 e. The Hall–Kier alpha value is -3.43. The molecule has 4 heterocycles. The molecule has 3 aliphatic rings. The summed E-state index contributed by atoms with van der Waals surface area (Å²) >= 11 is 0. The van der Waals surface area contributed by atoms with Crippen molar-refractivity contribution in [2.24, 2.45) is 0 Å². The van der Waals surface area contributed by atoms with Gasteiger partial charge in [0, 0.05) is 31.5 Å². The third kappa shape index (κ3) is 3.31. The number of amides is 3. The molecule has 5 rings (SSSR count). The molecular formula is C21H23FN6O3. The molecule has 1 aromatic carbocycles. The molecule has 1 atom stereocenters. The lowest BCUT2D eigenvalue weighted by Gasteiger charge is -2.51. The summed E-state index contributed by atoms with van der Waals surface area (Å²) in [5.74, 6) is 1.10. The largest absolute Gasteiger partial charge is 0.437 e. The topological polar surface area (TPSA) is 90.9 Å². The highest BCUT2D eigenvalue weighted by molar-refractivity contribution is 5.89. The lowest BCUT2D eigenvalue weighted by molar-refractivity contribution is -0.00308. The van der Waals surface area contributed by atoms with E-state index in [0.717, 1.165) is 5.82 Å². The van der Waals surface area contributed by atoms with Crippen molar-refractivity contribution in [3.63, 3.8) is 0 Å². The van der Waals surface area contributed by atoms with E-state index < -0.39 is 5.60 Å². The molecule has 3 fully saturated rings. The Morgan fingerprint density at radius 2 is 2.06 bits per heavy atom. The minimum absolute atomic E-state index is 0.242. The van der Waals surface area contributed by atoms with E-state index >= 15 is 0 Å². The van der Waals surface area contributed by atoms with Crippen molar-refractivity contribution in [1.82, 2.24) is 19.8 Å². The number of piperazine rings is 1. The van der Waals surface area contributed by atoms with E-state index in [9.17, 15) is 14.0 Å². The second-order valence-corrected chi connectivity index (χ2v) is 8.30. The molecule has 3 saturated heterocycles. The molecule has 9 nitrogen and oxygen atoms in total. The van der Waals surface area contributed by atoms with Gasteiger partial charge in [-0.2, -0.15) is 0 Å². The molecule has 0 aliphatic carbocycles. The highest BCUT2D eigenvalue weighted by atomic mass is 19.1. The fourth-order valence-electron chi connectivity index (χ4n) is 4.47. The Morgan fingerprint density at radius 1 is 1.26 bits per heavy atom. The van der Waals surface area contributed by atoms with Crippen LogP contribution in [0.5, 0.6) is 0 Å². The van der Waals surface area contributed by atoms with Gasteiger partial charge in [-0.1, -0.05) is 6.07 Å². The van der Waals surface area contributed by atoms with Crippen molar-refractivity contribution in [2.45, 2.75) is 25.5 Å². The minimum atomic E-state index is -0.676. The first kappa shape index (κ1) is 19.5. The zero-order chi connectivity index (χ0) is 21.8. The van der Waals surface area contributed by atoms with E-state index in [1.54, 1.807) is 35.1 Å². The fourth-order valence-corrected chi connectivity index (χ4v) is 4.47. The summed E-state index contributed by atoms with van der Waals surface area (Å²) in [5.41, 5.74) is 0.242. The lowest BCUT2D eigenvalue weighted by atomic mass is 9.84. The first-order chi connectivity index (χ1) is 14.8. The standard InChI is InChI=1S/C21H23FN6O3/c1-13-3-4-15(9-16(13)22)25-19(29)26-7-8-28-17(10-26)21(31-20(28)30)11-27(12-21)18-5-6-23-14(2)24-18/h3-6,9,17H,7-8,10-12H2,1-2H3,(H,25,29). The molecule has 10 heteroatoms. The summed E-state index contributed by atoms with van der Waals surface area (Å²) in [6.07, 6.45) is 1.36. The predicted octanol–water partition coefficient (Wildman–Crippen LogP) is 2.16. The van der Waals surface area contributed by atoms with Gasteiger partial charge >= 0.3 is 12.1 Å². The Balaban J connectivity index is 1.28. The van der Waals surface area contributed by atoms with E-state index in [1.807, 2.05) is 17.9 Å². The number of aryl methyl sites for hydroxylation is 2. The van der Waals surface area contributed by atoms with E-state index in [2.05, 4.69) is 15.3 Å². The van der Waals surface area contributed by atoms with Crippen LogP contribution in [0, 0.1) is 19.7 Å². The number of hydrogen-bond donors (Lipinski definition) is 1. The number of fused-ring (bicyclic) bond motifs is 2. The molecule has 2 aromatic rings. The van der Waals surface area contributed by atoms with Crippen LogP contribution in [-0.4, -0.2) is 76.3 Å². The first-order valence-electron chi connectivity index (χ1n) is 10.2. The maximum absolute atomic E-state index is 13.8. The van der Waals surface area contributed by atoms with Gasteiger partial charge in [-0.15, -0.1) is 0 Å². The van der Waals surface area contributed by atoms with Gasteiger partial charge in [-0.3, -0.25) is 4.90 Å². The van der Waals surface area contributed by atoms with E-state index in [0.29, 0.717) is 49.8 Å². The highest BCUT2D eigenvalue weighted by Crippen LogP contribution is 2.41. The highest BCUT2D eigenvalue weighted by Gasteiger charge is 2.62. The summed E-state index contributed by atoms with van der Waals surface area (Å²) in [6, 6.07) is 5.87. The number of anilines is 2. The first-order valence-corrected chi connectivity index (χ1v) is 10.2. The molecule has 3 aliphatic heterocycles. The van der Waals surface area contributed by atoms with Crippen molar-refractivity contribution in [3.8, 4) is 0 Å². The minimum Gasteiger partial charge on any atom is -0.437 e. The molecule has 1 spiro atoms. The molecule has 162 valence electrons. The predicted molar refractivity (Wildman–Crippen MR) is 110 cm³/mol. The normalized spacial score (nSPS) is 21.6. The van der Waals surface area contributed by atoms with Crippen LogP contribution in [0.1, 0.15) is 11.4 Å². The molecule has 1 N–H and O–H groups in total. The van der Waals surface area contributed by atoms with Crippen LogP contribution in [0.4, 0.5) is 25.5 Å². The molecule has 0 bridgehead atoms. The second-order valence-electron chi connectivity index (χ2n) is 8.30. The second kappa shape index (κ2) is 7.07. The van der Waals surface area contributed by atoms with Gasteiger partial charge in [0.25, 0.3) is 0 Å². The van der Waals surface area contributed by atoms with Crippen molar-refractivity contribution in [2.75, 3.05) is 42.9 Å². The molecule has 0 saturated carbocycles. The SMILES string of the molecule is Cc1nccc(N2CC3(C2)OC(=O)N2CCN(C(=O)Nc4ccc(C)c(F)c4)CC23)n1. The Morgan fingerprint density at radius 3 is 2.81 bits per heavy atom. The zero-order valence-corrected chi connectivity index (χ0v) is 17.3. The van der Waals surface area contributed by atoms with Crippen LogP contribution in [0.25, 0.3) is 0 Å². The third-order valence-electron chi connectivity index (χ3n) is 6.23. The van der Waals surface area contributed by atoms with Gasteiger partial charge in [0.05, 0.1) is 19.1 Å². The Bertz CT molecular complexity index is 1060. The smallest absolute Gasteiger partial charge is 0.411 e. The number of ether oxygens (including phenoxy) is 1. The van der Waals surface area contributed by atoms with Gasteiger partial charge < -0.3 is 19.9 Å². The summed E-state index contributed by atoms with van der Waals surface area (Å²) in [5, 5.41) is 2.75. The molecule has 3 amide bonds. The number of hydrogen-bond acceptors (Lipinski definition) is 6. The van der Waals surface area contributed by atoms with Crippen LogP contribution in [0.2, 0.25) is 0 Å². The lowest BCUT2D eigenvalue weighted by Crippen LogP contribution is -2.71.